The van der Waals surface area contributed by atoms with Gasteiger partial charge in [0.1, 0.15) is 17.2 Å². The van der Waals surface area contributed by atoms with Gasteiger partial charge in [-0.05, 0) is 67.3 Å². The normalized spacial score (nSPS) is 13.3. The molecule has 5 aromatic carbocycles. The van der Waals surface area contributed by atoms with E-state index in [9.17, 15) is 4.79 Å². The van der Waals surface area contributed by atoms with E-state index in [4.69, 9.17) is 14.2 Å². The minimum atomic E-state index is -0.374. The van der Waals surface area contributed by atoms with Crippen molar-refractivity contribution in [3.63, 3.8) is 0 Å². The minimum absolute atomic E-state index is 0.304. The quantitative estimate of drug-likeness (QED) is 0.133. The summed E-state index contributed by atoms with van der Waals surface area (Å²) in [6, 6.07) is 38.8. The maximum atomic E-state index is 13.2. The molecule has 0 radical (unpaired) electrons. The number of esters is 1. The first-order chi connectivity index (χ1) is 22.9. The van der Waals surface area contributed by atoms with Crippen LogP contribution in [0.25, 0.3) is 0 Å². The Bertz CT molecular complexity index is 1800. The third-order valence-corrected chi connectivity index (χ3v) is 8.82. The summed E-state index contributed by atoms with van der Waals surface area (Å²) in [4.78, 5) is 17.7. The van der Waals surface area contributed by atoms with Crippen molar-refractivity contribution in [2.75, 3.05) is 37.1 Å². The van der Waals surface area contributed by atoms with Crippen molar-refractivity contribution in [3.8, 4) is 17.2 Å². The van der Waals surface area contributed by atoms with Crippen LogP contribution in [0.4, 0.5) is 22.7 Å². The Kier molecular flexibility index (Phi) is 9.48. The van der Waals surface area contributed by atoms with Crippen LogP contribution >= 0.6 is 0 Å². The van der Waals surface area contributed by atoms with Crippen molar-refractivity contribution < 1.29 is 19.0 Å². The van der Waals surface area contributed by atoms with Crippen LogP contribution in [-0.4, -0.2) is 33.3 Å². The summed E-state index contributed by atoms with van der Waals surface area (Å²) in [5.74, 6) is 2.05. The van der Waals surface area contributed by atoms with Crippen molar-refractivity contribution in [3.05, 3.63) is 138 Å². The fourth-order valence-electron chi connectivity index (χ4n) is 6.40. The number of hydrogen-bond donors (Lipinski definition) is 0. The van der Waals surface area contributed by atoms with Crippen LogP contribution in [0.3, 0.4) is 0 Å². The molecule has 6 heteroatoms. The molecule has 0 N–H and O–H groups in total. The van der Waals surface area contributed by atoms with Crippen LogP contribution in [0.15, 0.2) is 115 Å². The molecule has 0 spiro atoms. The van der Waals surface area contributed by atoms with Gasteiger partial charge >= 0.3 is 5.97 Å². The molecule has 240 valence electrons. The molecule has 1 heterocycles. The van der Waals surface area contributed by atoms with Gasteiger partial charge in [-0.1, -0.05) is 74.5 Å². The van der Waals surface area contributed by atoms with Crippen molar-refractivity contribution >= 4 is 28.7 Å². The second-order valence-electron chi connectivity index (χ2n) is 12.2. The molecular weight excluding hydrogens is 584 g/mol. The van der Waals surface area contributed by atoms with Crippen LogP contribution in [0.1, 0.15) is 60.2 Å². The van der Waals surface area contributed by atoms with Gasteiger partial charge in [-0.3, -0.25) is 0 Å². The molecule has 1 unspecified atom stereocenters. The molecule has 5 aromatic rings. The van der Waals surface area contributed by atoms with E-state index in [1.807, 2.05) is 66.7 Å². The predicted molar refractivity (Wildman–Crippen MR) is 190 cm³/mol. The number of carbonyl (C=O) groups excluding carboxylic acids is 1. The molecule has 0 saturated heterocycles. The Morgan fingerprint density at radius 1 is 0.745 bits per heavy atom. The molecule has 0 saturated carbocycles. The number of nitrogens with zero attached hydrogens (tertiary/aromatic N) is 2. The zero-order valence-corrected chi connectivity index (χ0v) is 27.8. The smallest absolute Gasteiger partial charge is 0.338 e. The minimum Gasteiger partial charge on any atom is -0.494 e. The predicted octanol–water partition coefficient (Wildman–Crippen LogP) is 10.1. The monoisotopic (exact) mass is 626 g/mol. The van der Waals surface area contributed by atoms with E-state index in [-0.39, 0.29) is 11.9 Å². The maximum absolute atomic E-state index is 13.2. The number of methoxy groups -OCH3 is 2. The van der Waals surface area contributed by atoms with Crippen LogP contribution in [0, 0.1) is 5.92 Å². The fraction of sp³-hybridized carbons (Fsp3) is 0.244. The molecule has 1 aliphatic rings. The molecule has 0 amide bonds. The zero-order chi connectivity index (χ0) is 32.9. The third-order valence-electron chi connectivity index (χ3n) is 8.82. The first kappa shape index (κ1) is 31.7. The number of fused-ring (bicyclic) bond motifs is 2. The molecule has 0 aromatic heterocycles. The lowest BCUT2D eigenvalue weighted by Crippen LogP contribution is -2.25. The second kappa shape index (κ2) is 14.0. The van der Waals surface area contributed by atoms with Gasteiger partial charge in [-0.25, -0.2) is 4.79 Å². The summed E-state index contributed by atoms with van der Waals surface area (Å²) >= 11 is 0. The number of ether oxygens (including phenoxy) is 3. The average Bonchev–Trinajstić information content (AvgIpc) is 3.11. The second-order valence-corrected chi connectivity index (χ2v) is 12.2. The van der Waals surface area contributed by atoms with E-state index in [2.05, 4.69) is 79.1 Å². The summed E-state index contributed by atoms with van der Waals surface area (Å²) in [7, 11) is 3.11. The van der Waals surface area contributed by atoms with E-state index >= 15 is 0 Å². The number of anilines is 4. The van der Waals surface area contributed by atoms with Gasteiger partial charge < -0.3 is 24.0 Å². The summed E-state index contributed by atoms with van der Waals surface area (Å²) in [6.45, 7) is 8.54. The highest BCUT2D eigenvalue weighted by atomic mass is 16.5. The van der Waals surface area contributed by atoms with Crippen molar-refractivity contribution in [2.24, 2.45) is 5.92 Å². The number of carbonyl (C=O) groups is 1. The van der Waals surface area contributed by atoms with E-state index in [0.29, 0.717) is 23.0 Å². The highest BCUT2D eigenvalue weighted by molar-refractivity contribution is 5.92. The molecule has 47 heavy (non-hydrogen) atoms. The van der Waals surface area contributed by atoms with Gasteiger partial charge in [0.05, 0.1) is 25.5 Å². The van der Waals surface area contributed by atoms with Crippen LogP contribution in [0.2, 0.25) is 0 Å². The van der Waals surface area contributed by atoms with E-state index in [1.165, 1.54) is 7.11 Å². The third kappa shape index (κ3) is 6.41. The largest absolute Gasteiger partial charge is 0.494 e. The topological polar surface area (TPSA) is 51.2 Å². The Morgan fingerprint density at radius 3 is 2.00 bits per heavy atom. The van der Waals surface area contributed by atoms with Crippen LogP contribution in [0.5, 0.6) is 17.2 Å². The first-order valence-electron chi connectivity index (χ1n) is 16.3. The first-order valence-corrected chi connectivity index (χ1v) is 16.3. The number of benzene rings is 5. The van der Waals surface area contributed by atoms with Gasteiger partial charge in [0.25, 0.3) is 0 Å². The highest BCUT2D eigenvalue weighted by Gasteiger charge is 2.34. The molecule has 6 rings (SSSR count). The molecule has 0 bridgehead atoms. The number of hydrogen-bond acceptors (Lipinski definition) is 6. The lowest BCUT2D eigenvalue weighted by Gasteiger charge is -2.34. The lowest BCUT2D eigenvalue weighted by molar-refractivity contribution is 0.0599. The summed E-state index contributed by atoms with van der Waals surface area (Å²) in [5, 5.41) is 0. The van der Waals surface area contributed by atoms with E-state index < -0.39 is 0 Å². The van der Waals surface area contributed by atoms with Gasteiger partial charge in [-0.15, -0.1) is 0 Å². The van der Waals surface area contributed by atoms with E-state index in [1.54, 1.807) is 7.11 Å². The number of rotatable bonds is 11. The van der Waals surface area contributed by atoms with Crippen molar-refractivity contribution in [1.82, 2.24) is 0 Å². The molecule has 0 aliphatic carbocycles. The summed E-state index contributed by atoms with van der Waals surface area (Å²) < 4.78 is 18.1. The van der Waals surface area contributed by atoms with Gasteiger partial charge in [-0.2, -0.15) is 0 Å². The molecular formula is C41H42N2O4. The molecule has 1 aliphatic heterocycles. The Labute approximate surface area is 278 Å². The number of para-hydroxylation sites is 2. The average molecular weight is 627 g/mol. The van der Waals surface area contributed by atoms with Crippen LogP contribution < -0.4 is 19.3 Å². The van der Waals surface area contributed by atoms with Crippen molar-refractivity contribution in [1.29, 1.82) is 0 Å². The molecule has 1 atom stereocenters. The SMILES string of the molecule is CCN(CCC(C)C)c1ccc2c(c1)Oc1cc(OC)c(N(c3ccccc3)c3ccccc3)cc1C2c1ccccc1C(=O)OC. The maximum Gasteiger partial charge on any atom is 0.338 e. The lowest BCUT2D eigenvalue weighted by atomic mass is 9.80. The van der Waals surface area contributed by atoms with Gasteiger partial charge in [0.15, 0.2) is 0 Å². The Hall–Kier alpha value is -5.23. The van der Waals surface area contributed by atoms with E-state index in [0.717, 1.165) is 64.7 Å². The van der Waals surface area contributed by atoms with Crippen LogP contribution in [-0.2, 0) is 4.74 Å². The molecule has 6 nitrogen and oxygen atoms in total. The standard InChI is InChI=1S/C41H42N2O4/c1-6-42(24-23-28(2)3)31-21-22-34-37(25-31)47-38-27-39(45-4)36(43(29-15-9-7-10-16-29)30-17-11-8-12-18-30)26-35(38)40(34)32-19-13-14-20-33(32)41(44)46-5/h7-22,25-28,40H,6,23-24H2,1-5H3. The zero-order valence-electron chi connectivity index (χ0n) is 27.8. The van der Waals surface area contributed by atoms with Gasteiger partial charge in [0, 0.05) is 59.3 Å². The summed E-state index contributed by atoms with van der Waals surface area (Å²) in [6.07, 6.45) is 1.10. The van der Waals surface area contributed by atoms with Crippen molar-refractivity contribution in [2.45, 2.75) is 33.1 Å². The summed E-state index contributed by atoms with van der Waals surface area (Å²) in [5.41, 5.74) is 7.25. The Morgan fingerprint density at radius 2 is 1.38 bits per heavy atom. The fourth-order valence-corrected chi connectivity index (χ4v) is 6.40. The Balaban J connectivity index is 1.57. The van der Waals surface area contributed by atoms with Gasteiger partial charge in [0.2, 0.25) is 0 Å². The highest BCUT2D eigenvalue weighted by Crippen LogP contribution is 2.53. The molecule has 0 fully saturated rings.